The molecule has 1 aromatic carbocycles. The number of anilines is 1. The number of hydrogen-bond donors (Lipinski definition) is 2. The minimum absolute atomic E-state index is 0.214. The van der Waals surface area contributed by atoms with Crippen LogP contribution >= 0.6 is 23.8 Å². The number of rotatable bonds is 2. The fourth-order valence-corrected chi connectivity index (χ4v) is 2.04. The molecule has 0 fully saturated rings. The van der Waals surface area contributed by atoms with Gasteiger partial charge in [0.15, 0.2) is 6.61 Å². The van der Waals surface area contributed by atoms with E-state index in [2.05, 4.69) is 22.3 Å². The molecule has 2 N–H and O–H groups in total. The maximum Gasteiger partial charge on any atom is 0.491 e. The van der Waals surface area contributed by atoms with E-state index >= 15 is 0 Å². The third-order valence-corrected chi connectivity index (χ3v) is 3.03. The van der Waals surface area contributed by atoms with E-state index in [4.69, 9.17) is 16.3 Å². The van der Waals surface area contributed by atoms with E-state index in [9.17, 15) is 18.2 Å². The van der Waals surface area contributed by atoms with Crippen LogP contribution < -0.4 is 10.8 Å². The van der Waals surface area contributed by atoms with Gasteiger partial charge in [0.25, 0.3) is 5.17 Å². The molecule has 0 amide bonds. The molecule has 1 aliphatic rings. The second kappa shape index (κ2) is 5.76. The predicted molar refractivity (Wildman–Crippen MR) is 72.1 cm³/mol. The van der Waals surface area contributed by atoms with Crippen molar-refractivity contribution in [1.29, 1.82) is 0 Å². The van der Waals surface area contributed by atoms with Gasteiger partial charge >= 0.3 is 13.3 Å². The summed E-state index contributed by atoms with van der Waals surface area (Å²) in [6, 6.07) is 3.00. The Labute approximate surface area is 123 Å². The Hall–Kier alpha value is -1.03. The SMILES string of the molecule is OB1OCc2cc(Cl)c(NC(=S)OCC(F)(F)F)cc21. The summed E-state index contributed by atoms with van der Waals surface area (Å²) in [5.74, 6) is 0. The Kier molecular flexibility index (Phi) is 4.43. The maximum absolute atomic E-state index is 12.0. The number of nitrogens with one attached hydrogen (secondary N) is 1. The van der Waals surface area contributed by atoms with Crippen LogP contribution in [0.15, 0.2) is 12.1 Å². The molecule has 10 heteroatoms. The minimum atomic E-state index is -4.47. The van der Waals surface area contributed by atoms with Gasteiger partial charge in [0, 0.05) is 0 Å². The summed E-state index contributed by atoms with van der Waals surface area (Å²) in [5.41, 5.74) is 1.42. The Morgan fingerprint density at radius 3 is 2.90 bits per heavy atom. The average molecular weight is 326 g/mol. The standard InChI is InChI=1S/C10H8BClF3NO3S/c12-7-1-5-3-19-11(17)6(5)2-8(7)16-9(20)18-4-10(13,14)15/h1-2,17H,3-4H2,(H,16,20). The molecule has 1 aliphatic heterocycles. The van der Waals surface area contributed by atoms with Gasteiger partial charge in [0.05, 0.1) is 17.3 Å². The van der Waals surface area contributed by atoms with Crippen LogP contribution in [0.25, 0.3) is 0 Å². The van der Waals surface area contributed by atoms with Gasteiger partial charge in [-0.2, -0.15) is 13.2 Å². The van der Waals surface area contributed by atoms with Crippen molar-refractivity contribution in [1.82, 2.24) is 0 Å². The monoisotopic (exact) mass is 325 g/mol. The summed E-state index contributed by atoms with van der Waals surface area (Å²) in [4.78, 5) is 0. The Morgan fingerprint density at radius 1 is 1.55 bits per heavy atom. The Bertz CT molecular complexity index is 543. The highest BCUT2D eigenvalue weighted by Crippen LogP contribution is 2.25. The number of benzene rings is 1. The van der Waals surface area contributed by atoms with Crippen LogP contribution in [0, 0.1) is 0 Å². The van der Waals surface area contributed by atoms with Gasteiger partial charge in [0.1, 0.15) is 0 Å². The third kappa shape index (κ3) is 3.75. The van der Waals surface area contributed by atoms with Crippen LogP contribution in [0.5, 0.6) is 0 Å². The highest BCUT2D eigenvalue weighted by atomic mass is 35.5. The lowest BCUT2D eigenvalue weighted by Crippen LogP contribution is -2.29. The molecule has 0 radical (unpaired) electrons. The second-order valence-electron chi connectivity index (χ2n) is 4.01. The topological polar surface area (TPSA) is 50.7 Å². The van der Waals surface area contributed by atoms with Crippen molar-refractivity contribution in [2.24, 2.45) is 0 Å². The van der Waals surface area contributed by atoms with Gasteiger partial charge in [-0.3, -0.25) is 0 Å². The smallest absolute Gasteiger partial charge is 0.461 e. The quantitative estimate of drug-likeness (QED) is 0.642. The van der Waals surface area contributed by atoms with Gasteiger partial charge in [-0.05, 0) is 35.4 Å². The average Bonchev–Trinajstić information content (AvgIpc) is 2.68. The van der Waals surface area contributed by atoms with Gasteiger partial charge in [0.2, 0.25) is 0 Å². The molecule has 0 aromatic heterocycles. The van der Waals surface area contributed by atoms with Crippen LogP contribution in [-0.2, 0) is 16.0 Å². The van der Waals surface area contributed by atoms with Gasteiger partial charge < -0.3 is 19.7 Å². The van der Waals surface area contributed by atoms with Crippen molar-refractivity contribution in [3.8, 4) is 0 Å². The summed E-state index contributed by atoms with van der Waals surface area (Å²) in [5, 5.41) is 11.8. The van der Waals surface area contributed by atoms with Gasteiger partial charge in [-0.25, -0.2) is 0 Å². The number of ether oxygens (including phenoxy) is 1. The summed E-state index contributed by atoms with van der Waals surface area (Å²) in [7, 11) is -1.09. The lowest BCUT2D eigenvalue weighted by molar-refractivity contribution is -0.155. The zero-order valence-corrected chi connectivity index (χ0v) is 11.4. The molecule has 4 nitrogen and oxygen atoms in total. The predicted octanol–water partition coefficient (Wildman–Crippen LogP) is 1.83. The molecule has 0 atom stereocenters. The number of thiocarbonyl (C=S) groups is 1. The third-order valence-electron chi connectivity index (χ3n) is 2.50. The molecule has 0 saturated carbocycles. The first-order valence-corrected chi connectivity index (χ1v) is 6.17. The van der Waals surface area contributed by atoms with Crippen molar-refractivity contribution in [3.05, 3.63) is 22.7 Å². The van der Waals surface area contributed by atoms with Crippen molar-refractivity contribution >= 4 is 47.3 Å². The molecule has 0 unspecified atom stereocenters. The Balaban J connectivity index is 2.06. The number of hydrogen-bond acceptors (Lipinski definition) is 4. The molecular weight excluding hydrogens is 317 g/mol. The lowest BCUT2D eigenvalue weighted by atomic mass is 9.79. The van der Waals surface area contributed by atoms with E-state index < -0.39 is 25.1 Å². The van der Waals surface area contributed by atoms with E-state index in [1.54, 1.807) is 6.07 Å². The minimum Gasteiger partial charge on any atom is -0.461 e. The molecule has 0 spiro atoms. The molecule has 20 heavy (non-hydrogen) atoms. The summed E-state index contributed by atoms with van der Waals surface area (Å²) >= 11 is 10.6. The molecule has 2 rings (SSSR count). The summed E-state index contributed by atoms with van der Waals surface area (Å²) in [6.45, 7) is -1.28. The van der Waals surface area contributed by atoms with Crippen molar-refractivity contribution in [2.45, 2.75) is 12.8 Å². The van der Waals surface area contributed by atoms with Crippen molar-refractivity contribution < 1.29 is 27.6 Å². The zero-order chi connectivity index (χ0) is 14.9. The first kappa shape index (κ1) is 15.4. The fraction of sp³-hybridized carbons (Fsp3) is 0.300. The highest BCUT2D eigenvalue weighted by molar-refractivity contribution is 7.80. The van der Waals surface area contributed by atoms with Crippen LogP contribution in [0.1, 0.15) is 5.56 Å². The van der Waals surface area contributed by atoms with E-state index in [-0.39, 0.29) is 17.3 Å². The summed E-state index contributed by atoms with van der Waals surface area (Å²) < 4.78 is 45.3. The first-order chi connectivity index (χ1) is 9.26. The molecule has 1 heterocycles. The molecule has 108 valence electrons. The van der Waals surface area contributed by atoms with Crippen LogP contribution in [-0.4, -0.2) is 30.1 Å². The second-order valence-corrected chi connectivity index (χ2v) is 4.79. The van der Waals surface area contributed by atoms with Gasteiger partial charge in [-0.15, -0.1) is 0 Å². The fourth-order valence-electron chi connectivity index (χ4n) is 1.63. The number of alkyl halides is 3. The molecule has 0 bridgehead atoms. The number of fused-ring (bicyclic) bond motifs is 1. The van der Waals surface area contributed by atoms with E-state index in [1.165, 1.54) is 6.07 Å². The van der Waals surface area contributed by atoms with E-state index in [1.807, 2.05) is 0 Å². The molecular formula is C10H8BClF3NO3S. The molecule has 1 aromatic rings. The largest absolute Gasteiger partial charge is 0.491 e. The van der Waals surface area contributed by atoms with Crippen LogP contribution in [0.4, 0.5) is 18.9 Å². The van der Waals surface area contributed by atoms with Crippen LogP contribution in [0.2, 0.25) is 5.02 Å². The highest BCUT2D eigenvalue weighted by Gasteiger charge is 2.30. The zero-order valence-electron chi connectivity index (χ0n) is 9.83. The van der Waals surface area contributed by atoms with Gasteiger partial charge in [-0.1, -0.05) is 11.6 Å². The molecule has 0 aliphatic carbocycles. The normalized spacial score (nSPS) is 14.2. The van der Waals surface area contributed by atoms with Crippen molar-refractivity contribution in [3.63, 3.8) is 0 Å². The Morgan fingerprint density at radius 2 is 2.25 bits per heavy atom. The molecule has 0 saturated heterocycles. The first-order valence-electron chi connectivity index (χ1n) is 5.39. The van der Waals surface area contributed by atoms with Crippen LogP contribution in [0.3, 0.4) is 0 Å². The number of halogens is 4. The maximum atomic E-state index is 12.0. The van der Waals surface area contributed by atoms with E-state index in [0.29, 0.717) is 11.0 Å². The van der Waals surface area contributed by atoms with E-state index in [0.717, 1.165) is 0 Å². The lowest BCUT2D eigenvalue weighted by Gasteiger charge is -2.13. The van der Waals surface area contributed by atoms with Crippen molar-refractivity contribution in [2.75, 3.05) is 11.9 Å². The summed E-state index contributed by atoms with van der Waals surface area (Å²) in [6.07, 6.45) is -4.47.